The Hall–Kier alpha value is -1.48. The molecule has 3 rings (SSSR count). The number of alkyl halides is 1. The molecule has 0 radical (unpaired) electrons. The van der Waals surface area contributed by atoms with Crippen LogP contribution in [0.15, 0.2) is 42.5 Å². The highest BCUT2D eigenvalue weighted by atomic mass is 79.9. The third kappa shape index (κ3) is 1.99. The van der Waals surface area contributed by atoms with E-state index in [2.05, 4.69) is 45.2 Å². The summed E-state index contributed by atoms with van der Waals surface area (Å²) in [6.07, 6.45) is 1.01. The SMILES string of the molecule is BrCCCOc1cccc2[nH]c3ccccc3c12. The molecule has 92 valence electrons. The monoisotopic (exact) mass is 303 g/mol. The molecule has 18 heavy (non-hydrogen) atoms. The predicted octanol–water partition coefficient (Wildman–Crippen LogP) is 4.48. The number of para-hydroxylation sites is 1. The Morgan fingerprint density at radius 3 is 2.72 bits per heavy atom. The summed E-state index contributed by atoms with van der Waals surface area (Å²) in [7, 11) is 0. The second-order valence-corrected chi connectivity index (χ2v) is 5.03. The van der Waals surface area contributed by atoms with Crippen LogP contribution in [0.5, 0.6) is 5.75 Å². The summed E-state index contributed by atoms with van der Waals surface area (Å²) in [5, 5.41) is 3.38. The predicted molar refractivity (Wildman–Crippen MR) is 79.7 cm³/mol. The molecule has 2 nitrogen and oxygen atoms in total. The molecule has 1 heterocycles. The molecule has 0 aliphatic heterocycles. The van der Waals surface area contributed by atoms with E-state index in [0.717, 1.165) is 35.1 Å². The Kier molecular flexibility index (Phi) is 3.24. The van der Waals surface area contributed by atoms with Gasteiger partial charge in [-0.15, -0.1) is 0 Å². The summed E-state index contributed by atoms with van der Waals surface area (Å²) < 4.78 is 5.88. The molecule has 0 saturated carbocycles. The van der Waals surface area contributed by atoms with Crippen molar-refractivity contribution in [2.45, 2.75) is 6.42 Å². The van der Waals surface area contributed by atoms with E-state index in [-0.39, 0.29) is 0 Å². The first-order valence-electron chi connectivity index (χ1n) is 6.08. The number of nitrogens with one attached hydrogen (secondary N) is 1. The van der Waals surface area contributed by atoms with Gasteiger partial charge in [-0.05, 0) is 24.6 Å². The minimum absolute atomic E-state index is 0.740. The zero-order valence-corrected chi connectivity index (χ0v) is 11.5. The van der Waals surface area contributed by atoms with Crippen LogP contribution < -0.4 is 4.74 Å². The van der Waals surface area contributed by atoms with Crippen LogP contribution in [-0.4, -0.2) is 16.9 Å². The van der Waals surface area contributed by atoms with Gasteiger partial charge in [-0.2, -0.15) is 0 Å². The summed E-state index contributed by atoms with van der Waals surface area (Å²) in [5.74, 6) is 0.964. The highest BCUT2D eigenvalue weighted by molar-refractivity contribution is 9.09. The number of H-pyrrole nitrogens is 1. The van der Waals surface area contributed by atoms with Crippen LogP contribution in [-0.2, 0) is 0 Å². The van der Waals surface area contributed by atoms with Gasteiger partial charge in [0.25, 0.3) is 0 Å². The fraction of sp³-hybridized carbons (Fsp3) is 0.200. The quantitative estimate of drug-likeness (QED) is 0.558. The minimum Gasteiger partial charge on any atom is -0.493 e. The zero-order valence-electron chi connectivity index (χ0n) is 9.95. The third-order valence-corrected chi connectivity index (χ3v) is 3.59. The highest BCUT2D eigenvalue weighted by Crippen LogP contribution is 2.32. The van der Waals surface area contributed by atoms with Crippen molar-refractivity contribution < 1.29 is 4.74 Å². The lowest BCUT2D eigenvalue weighted by molar-refractivity contribution is 0.323. The molecule has 0 fully saturated rings. The van der Waals surface area contributed by atoms with E-state index in [9.17, 15) is 0 Å². The van der Waals surface area contributed by atoms with Crippen LogP contribution in [0, 0.1) is 0 Å². The van der Waals surface area contributed by atoms with Crippen molar-refractivity contribution in [3.63, 3.8) is 0 Å². The Balaban J connectivity index is 2.13. The molecule has 1 N–H and O–H groups in total. The molecule has 0 unspecified atom stereocenters. The molecule has 0 saturated heterocycles. The lowest BCUT2D eigenvalue weighted by Crippen LogP contribution is -1.97. The molecule has 0 bridgehead atoms. The number of rotatable bonds is 4. The molecule has 1 aromatic heterocycles. The number of halogens is 1. The number of hydrogen-bond acceptors (Lipinski definition) is 1. The zero-order chi connectivity index (χ0) is 12.4. The molecule has 3 heteroatoms. The van der Waals surface area contributed by atoms with E-state index in [1.54, 1.807) is 0 Å². The maximum Gasteiger partial charge on any atom is 0.129 e. The van der Waals surface area contributed by atoms with E-state index < -0.39 is 0 Å². The van der Waals surface area contributed by atoms with Crippen LogP contribution in [0.25, 0.3) is 21.8 Å². The normalized spacial score (nSPS) is 11.2. The second-order valence-electron chi connectivity index (χ2n) is 4.24. The van der Waals surface area contributed by atoms with Crippen LogP contribution in [0.1, 0.15) is 6.42 Å². The molecule has 2 aromatic carbocycles. The first-order valence-corrected chi connectivity index (χ1v) is 7.20. The molecule has 0 spiro atoms. The average Bonchev–Trinajstić information content (AvgIpc) is 2.78. The summed E-state index contributed by atoms with van der Waals surface area (Å²) >= 11 is 3.42. The lowest BCUT2D eigenvalue weighted by Gasteiger charge is -2.06. The maximum atomic E-state index is 5.88. The van der Waals surface area contributed by atoms with Gasteiger partial charge in [0.15, 0.2) is 0 Å². The minimum atomic E-state index is 0.740. The third-order valence-electron chi connectivity index (χ3n) is 3.03. The Morgan fingerprint density at radius 2 is 1.83 bits per heavy atom. The van der Waals surface area contributed by atoms with Crippen molar-refractivity contribution in [2.24, 2.45) is 0 Å². The van der Waals surface area contributed by atoms with Gasteiger partial charge < -0.3 is 9.72 Å². The summed E-state index contributed by atoms with van der Waals surface area (Å²) in [6.45, 7) is 0.740. The largest absolute Gasteiger partial charge is 0.493 e. The molecule has 0 amide bonds. The number of aromatic amines is 1. The van der Waals surface area contributed by atoms with Gasteiger partial charge in [0, 0.05) is 21.6 Å². The number of benzene rings is 2. The van der Waals surface area contributed by atoms with Gasteiger partial charge in [-0.25, -0.2) is 0 Å². The van der Waals surface area contributed by atoms with E-state index in [4.69, 9.17) is 4.74 Å². The van der Waals surface area contributed by atoms with E-state index in [0.29, 0.717) is 0 Å². The second kappa shape index (κ2) is 5.02. The smallest absolute Gasteiger partial charge is 0.129 e. The maximum absolute atomic E-state index is 5.88. The van der Waals surface area contributed by atoms with E-state index in [1.807, 2.05) is 18.2 Å². The number of hydrogen-bond donors (Lipinski definition) is 1. The summed E-state index contributed by atoms with van der Waals surface area (Å²) in [6, 6.07) is 14.5. The van der Waals surface area contributed by atoms with Crippen molar-refractivity contribution in [3.05, 3.63) is 42.5 Å². The molecule has 3 aromatic rings. The van der Waals surface area contributed by atoms with Gasteiger partial charge in [-0.1, -0.05) is 40.2 Å². The van der Waals surface area contributed by atoms with Gasteiger partial charge in [0.1, 0.15) is 5.75 Å². The summed E-state index contributed by atoms with van der Waals surface area (Å²) in [4.78, 5) is 3.42. The number of fused-ring (bicyclic) bond motifs is 3. The van der Waals surface area contributed by atoms with Crippen LogP contribution in [0.4, 0.5) is 0 Å². The topological polar surface area (TPSA) is 25.0 Å². The van der Waals surface area contributed by atoms with Crippen LogP contribution in [0.2, 0.25) is 0 Å². The molecule has 0 atom stereocenters. The fourth-order valence-electron chi connectivity index (χ4n) is 2.23. The van der Waals surface area contributed by atoms with Gasteiger partial charge in [0.2, 0.25) is 0 Å². The van der Waals surface area contributed by atoms with Gasteiger partial charge in [0.05, 0.1) is 12.1 Å². The Bertz CT molecular complexity index is 674. The van der Waals surface area contributed by atoms with Crippen molar-refractivity contribution in [2.75, 3.05) is 11.9 Å². The van der Waals surface area contributed by atoms with Crippen LogP contribution >= 0.6 is 15.9 Å². The van der Waals surface area contributed by atoms with E-state index >= 15 is 0 Å². The van der Waals surface area contributed by atoms with Gasteiger partial charge >= 0.3 is 0 Å². The summed E-state index contributed by atoms with van der Waals surface area (Å²) in [5.41, 5.74) is 2.29. The van der Waals surface area contributed by atoms with Gasteiger partial charge in [-0.3, -0.25) is 0 Å². The number of ether oxygens (including phenoxy) is 1. The van der Waals surface area contributed by atoms with Crippen molar-refractivity contribution in [3.8, 4) is 5.75 Å². The molecular formula is C15H14BrNO. The fourth-order valence-corrected chi connectivity index (χ4v) is 2.45. The van der Waals surface area contributed by atoms with Crippen molar-refractivity contribution >= 4 is 37.7 Å². The van der Waals surface area contributed by atoms with Crippen molar-refractivity contribution in [1.29, 1.82) is 0 Å². The Morgan fingerprint density at radius 1 is 1.00 bits per heavy atom. The average molecular weight is 304 g/mol. The molecule has 0 aliphatic rings. The Labute approximate surface area is 114 Å². The van der Waals surface area contributed by atoms with Crippen LogP contribution in [0.3, 0.4) is 0 Å². The van der Waals surface area contributed by atoms with Crippen molar-refractivity contribution in [1.82, 2.24) is 4.98 Å². The highest BCUT2D eigenvalue weighted by Gasteiger charge is 2.08. The first kappa shape index (κ1) is 11.6. The van der Waals surface area contributed by atoms with E-state index in [1.165, 1.54) is 10.8 Å². The molecular weight excluding hydrogens is 290 g/mol. The first-order chi connectivity index (χ1) is 8.90. The number of aromatic nitrogens is 1. The lowest BCUT2D eigenvalue weighted by atomic mass is 10.1. The standard InChI is InChI=1S/C15H14BrNO/c16-9-4-10-18-14-8-3-7-13-15(14)11-5-1-2-6-12(11)17-13/h1-3,5-8,17H,4,9-10H2. The molecule has 0 aliphatic carbocycles.